The number of rotatable bonds is 4. The molecule has 22 heavy (non-hydrogen) atoms. The zero-order valence-electron chi connectivity index (χ0n) is 11.9. The van der Waals surface area contributed by atoms with Crippen molar-refractivity contribution in [3.63, 3.8) is 0 Å². The van der Waals surface area contributed by atoms with Crippen molar-refractivity contribution >= 4 is 29.5 Å². The minimum absolute atomic E-state index is 0.163. The molecule has 2 heterocycles. The second-order valence-electron chi connectivity index (χ2n) is 4.46. The highest BCUT2D eigenvalue weighted by molar-refractivity contribution is 8.19. The van der Waals surface area contributed by atoms with Crippen molar-refractivity contribution in [1.29, 1.82) is 0 Å². The topological polar surface area (TPSA) is 61.3 Å². The lowest BCUT2D eigenvalue weighted by atomic mass is 10.2. The van der Waals surface area contributed by atoms with Crippen LogP contribution < -0.4 is 9.47 Å². The molecule has 0 saturated carbocycles. The number of carbonyl (C=O) groups excluding carboxylic acids is 1. The summed E-state index contributed by atoms with van der Waals surface area (Å²) in [7, 11) is 1.56. The average Bonchev–Trinajstić information content (AvgIpc) is 3.10. The third kappa shape index (κ3) is 3.36. The molecule has 0 spiro atoms. The second-order valence-corrected chi connectivity index (χ2v) is 7.19. The Hall–Kier alpha value is -1.73. The number of hydrogen-bond acceptors (Lipinski definition) is 7. The summed E-state index contributed by atoms with van der Waals surface area (Å²) in [6.45, 7) is 0. The SMILES string of the molecule is COc1cc(C2SCCS2)ccc1OC(=O)c1cnccn1. The number of nitrogens with zero attached hydrogens (tertiary/aromatic N) is 2. The summed E-state index contributed by atoms with van der Waals surface area (Å²) in [6.07, 6.45) is 4.32. The quantitative estimate of drug-likeness (QED) is 0.628. The molecule has 0 amide bonds. The van der Waals surface area contributed by atoms with Gasteiger partial charge < -0.3 is 9.47 Å². The maximum atomic E-state index is 12.0. The Morgan fingerprint density at radius 3 is 2.73 bits per heavy atom. The lowest BCUT2D eigenvalue weighted by molar-refractivity contribution is 0.0723. The van der Waals surface area contributed by atoms with Gasteiger partial charge in [0.25, 0.3) is 0 Å². The fourth-order valence-electron chi connectivity index (χ4n) is 2.02. The molecule has 0 radical (unpaired) electrons. The van der Waals surface area contributed by atoms with Crippen molar-refractivity contribution in [2.45, 2.75) is 4.58 Å². The molecule has 5 nitrogen and oxygen atoms in total. The largest absolute Gasteiger partial charge is 0.493 e. The predicted octanol–water partition coefficient (Wildman–Crippen LogP) is 3.18. The molecule has 1 aliphatic rings. The molecule has 1 saturated heterocycles. The molecule has 3 rings (SSSR count). The van der Waals surface area contributed by atoms with Crippen LogP contribution in [0.5, 0.6) is 11.5 Å². The minimum atomic E-state index is -0.552. The van der Waals surface area contributed by atoms with E-state index in [2.05, 4.69) is 9.97 Å². The van der Waals surface area contributed by atoms with Gasteiger partial charge in [-0.1, -0.05) is 6.07 Å². The number of carbonyl (C=O) groups is 1. The monoisotopic (exact) mass is 334 g/mol. The molecule has 0 atom stereocenters. The molecule has 0 N–H and O–H groups in total. The number of hydrogen-bond donors (Lipinski definition) is 0. The summed E-state index contributed by atoms with van der Waals surface area (Å²) < 4.78 is 11.1. The van der Waals surface area contributed by atoms with E-state index in [4.69, 9.17) is 9.47 Å². The summed E-state index contributed by atoms with van der Waals surface area (Å²) in [5, 5.41) is 0. The fraction of sp³-hybridized carbons (Fsp3) is 0.267. The summed E-state index contributed by atoms with van der Waals surface area (Å²) in [6, 6.07) is 5.66. The van der Waals surface area contributed by atoms with Gasteiger partial charge in [-0.05, 0) is 17.7 Å². The highest BCUT2D eigenvalue weighted by atomic mass is 32.2. The van der Waals surface area contributed by atoms with E-state index in [0.717, 1.165) is 11.5 Å². The van der Waals surface area contributed by atoms with Gasteiger partial charge in [0.05, 0.1) is 17.9 Å². The molecule has 114 valence electrons. The van der Waals surface area contributed by atoms with Crippen molar-refractivity contribution in [1.82, 2.24) is 9.97 Å². The van der Waals surface area contributed by atoms with E-state index in [9.17, 15) is 4.79 Å². The molecular weight excluding hydrogens is 320 g/mol. The average molecular weight is 334 g/mol. The summed E-state index contributed by atoms with van der Waals surface area (Å²) in [4.78, 5) is 19.8. The van der Waals surface area contributed by atoms with Crippen LogP contribution in [0.1, 0.15) is 20.6 Å². The predicted molar refractivity (Wildman–Crippen MR) is 87.6 cm³/mol. The van der Waals surface area contributed by atoms with Crippen molar-refractivity contribution in [2.24, 2.45) is 0 Å². The Kier molecular flexibility index (Phi) is 4.84. The van der Waals surface area contributed by atoms with Gasteiger partial charge in [0, 0.05) is 23.9 Å². The zero-order valence-corrected chi connectivity index (χ0v) is 13.5. The van der Waals surface area contributed by atoms with Crippen molar-refractivity contribution < 1.29 is 14.3 Å². The van der Waals surface area contributed by atoms with E-state index >= 15 is 0 Å². The Morgan fingerprint density at radius 1 is 1.23 bits per heavy atom. The van der Waals surface area contributed by atoms with Crippen molar-refractivity contribution in [3.05, 3.63) is 48.0 Å². The molecule has 0 aliphatic carbocycles. The lowest BCUT2D eigenvalue weighted by Crippen LogP contribution is -2.11. The number of benzene rings is 1. The molecule has 0 unspecified atom stereocenters. The van der Waals surface area contributed by atoms with Crippen LogP contribution in [0.3, 0.4) is 0 Å². The van der Waals surface area contributed by atoms with Gasteiger partial charge >= 0.3 is 5.97 Å². The number of aromatic nitrogens is 2. The first-order valence-electron chi connectivity index (χ1n) is 6.67. The first-order chi connectivity index (χ1) is 10.8. The van der Waals surface area contributed by atoms with E-state index in [1.807, 2.05) is 35.7 Å². The molecule has 1 aromatic carbocycles. The van der Waals surface area contributed by atoms with Crippen LogP contribution in [0.2, 0.25) is 0 Å². The Bertz CT molecular complexity index is 661. The molecular formula is C15H14N2O3S2. The zero-order chi connectivity index (χ0) is 15.4. The van der Waals surface area contributed by atoms with E-state index in [-0.39, 0.29) is 5.69 Å². The molecule has 1 aromatic heterocycles. The normalized spacial score (nSPS) is 14.8. The Labute approximate surface area is 136 Å². The first kappa shape index (κ1) is 15.2. The fourth-order valence-corrected chi connectivity index (χ4v) is 4.86. The highest BCUT2D eigenvalue weighted by Crippen LogP contribution is 2.46. The van der Waals surface area contributed by atoms with Gasteiger partial charge in [-0.2, -0.15) is 0 Å². The maximum Gasteiger partial charge on any atom is 0.364 e. The summed E-state index contributed by atoms with van der Waals surface area (Å²) in [5.74, 6) is 2.68. The lowest BCUT2D eigenvalue weighted by Gasteiger charge is -2.13. The Balaban J connectivity index is 1.80. The van der Waals surface area contributed by atoms with Crippen LogP contribution in [0.4, 0.5) is 0 Å². The van der Waals surface area contributed by atoms with Crippen LogP contribution in [-0.4, -0.2) is 34.6 Å². The van der Waals surface area contributed by atoms with E-state index < -0.39 is 5.97 Å². The maximum absolute atomic E-state index is 12.0. The molecule has 1 fully saturated rings. The second kappa shape index (κ2) is 7.02. The van der Waals surface area contributed by atoms with Gasteiger partial charge in [-0.15, -0.1) is 23.5 Å². The van der Waals surface area contributed by atoms with Crippen LogP contribution >= 0.6 is 23.5 Å². The third-order valence-electron chi connectivity index (χ3n) is 3.06. The van der Waals surface area contributed by atoms with Gasteiger partial charge in [0.1, 0.15) is 0 Å². The number of ether oxygens (including phenoxy) is 2. The molecule has 2 aromatic rings. The molecule has 7 heteroatoms. The molecule has 0 bridgehead atoms. The minimum Gasteiger partial charge on any atom is -0.493 e. The number of esters is 1. The Morgan fingerprint density at radius 2 is 2.05 bits per heavy atom. The van der Waals surface area contributed by atoms with Crippen LogP contribution in [-0.2, 0) is 0 Å². The highest BCUT2D eigenvalue weighted by Gasteiger charge is 2.21. The van der Waals surface area contributed by atoms with Crippen LogP contribution in [0.25, 0.3) is 0 Å². The van der Waals surface area contributed by atoms with Gasteiger partial charge in [-0.25, -0.2) is 9.78 Å². The van der Waals surface area contributed by atoms with Gasteiger partial charge in [0.2, 0.25) is 0 Å². The van der Waals surface area contributed by atoms with Gasteiger partial charge in [-0.3, -0.25) is 4.98 Å². The summed E-state index contributed by atoms with van der Waals surface area (Å²) in [5.41, 5.74) is 1.33. The smallest absolute Gasteiger partial charge is 0.364 e. The number of methoxy groups -OCH3 is 1. The van der Waals surface area contributed by atoms with Crippen molar-refractivity contribution in [3.8, 4) is 11.5 Å². The number of thioether (sulfide) groups is 2. The van der Waals surface area contributed by atoms with E-state index in [0.29, 0.717) is 16.1 Å². The van der Waals surface area contributed by atoms with Gasteiger partial charge in [0.15, 0.2) is 17.2 Å². The molecule has 1 aliphatic heterocycles. The first-order valence-corrected chi connectivity index (χ1v) is 8.77. The standard InChI is InChI=1S/C15H14N2O3S2/c1-19-13-8-10(15-21-6-7-22-15)2-3-12(13)20-14(18)11-9-16-4-5-17-11/h2-5,8-9,15H,6-7H2,1H3. The van der Waals surface area contributed by atoms with Crippen LogP contribution in [0.15, 0.2) is 36.8 Å². The van der Waals surface area contributed by atoms with E-state index in [1.165, 1.54) is 24.2 Å². The third-order valence-corrected chi connectivity index (χ3v) is 6.16. The summed E-state index contributed by atoms with van der Waals surface area (Å²) >= 11 is 3.83. The van der Waals surface area contributed by atoms with Crippen LogP contribution in [0, 0.1) is 0 Å². The van der Waals surface area contributed by atoms with Crippen molar-refractivity contribution in [2.75, 3.05) is 18.6 Å². The van der Waals surface area contributed by atoms with E-state index in [1.54, 1.807) is 13.2 Å².